The molecule has 1 aromatic heterocycles. The number of phenolic OH excluding ortho intramolecular Hbond substituents is 1. The number of aromatic amines is 1. The van der Waals surface area contributed by atoms with Gasteiger partial charge in [-0.3, -0.25) is 14.6 Å². The van der Waals surface area contributed by atoms with E-state index in [1.54, 1.807) is 18.2 Å². The molecule has 0 aliphatic rings. The lowest BCUT2D eigenvalue weighted by atomic mass is 10.1. The molecule has 0 saturated heterocycles. The lowest BCUT2D eigenvalue weighted by molar-refractivity contribution is 0.104. The number of ketones is 1. The van der Waals surface area contributed by atoms with Gasteiger partial charge in [0, 0.05) is 0 Å². The minimum Gasteiger partial charge on any atom is -0.504 e. The normalized spacial score (nSPS) is 11.0. The molecular weight excluding hydrogens is 400 g/mol. The summed E-state index contributed by atoms with van der Waals surface area (Å²) in [7, 11) is 1.40. The summed E-state index contributed by atoms with van der Waals surface area (Å²) in [6.07, 6.45) is 2.37. The zero-order valence-electron chi connectivity index (χ0n) is 15.0. The van der Waals surface area contributed by atoms with E-state index in [9.17, 15) is 24.6 Å². The van der Waals surface area contributed by atoms with Crippen molar-refractivity contribution in [1.82, 2.24) is 9.55 Å². The second-order valence-electron chi connectivity index (χ2n) is 5.87. The van der Waals surface area contributed by atoms with Crippen molar-refractivity contribution in [2.75, 3.05) is 7.11 Å². The van der Waals surface area contributed by atoms with Crippen molar-refractivity contribution in [1.29, 1.82) is 0 Å². The second kappa shape index (κ2) is 8.07. The van der Waals surface area contributed by atoms with Crippen LogP contribution in [0.2, 0.25) is 5.02 Å². The van der Waals surface area contributed by atoms with Crippen LogP contribution >= 0.6 is 11.6 Å². The van der Waals surface area contributed by atoms with Gasteiger partial charge in [0.2, 0.25) is 5.88 Å². The first-order valence-electron chi connectivity index (χ1n) is 8.26. The molecule has 0 spiro atoms. The van der Waals surface area contributed by atoms with Crippen LogP contribution in [-0.2, 0) is 0 Å². The number of rotatable bonds is 5. The number of phenols is 1. The van der Waals surface area contributed by atoms with Crippen LogP contribution in [0.5, 0.6) is 17.4 Å². The highest BCUT2D eigenvalue weighted by atomic mass is 35.5. The van der Waals surface area contributed by atoms with Crippen LogP contribution in [0.25, 0.3) is 11.8 Å². The third-order valence-electron chi connectivity index (χ3n) is 4.06. The molecule has 3 aromatic rings. The standard InChI is InChI=1S/C20H15ClN2O6/c1-29-16-9-7-11(10-15(16)25)6-8-14(24)17-18(26)22-20(28)23(19(17)27)13-5-3-2-4-12(13)21/h2-10,25,27H,1H3,(H,22,26,28)/b8-6+. The predicted molar refractivity (Wildman–Crippen MR) is 107 cm³/mol. The number of methoxy groups -OCH3 is 1. The number of ether oxygens (including phenoxy) is 1. The van der Waals surface area contributed by atoms with E-state index in [0.717, 1.165) is 10.6 Å². The second-order valence-corrected chi connectivity index (χ2v) is 6.28. The molecule has 0 unspecified atom stereocenters. The van der Waals surface area contributed by atoms with Gasteiger partial charge in [-0.25, -0.2) is 9.36 Å². The number of para-hydroxylation sites is 1. The highest BCUT2D eigenvalue weighted by molar-refractivity contribution is 6.32. The summed E-state index contributed by atoms with van der Waals surface area (Å²) in [5.74, 6) is -1.55. The van der Waals surface area contributed by atoms with Crippen LogP contribution < -0.4 is 16.0 Å². The molecule has 148 valence electrons. The molecule has 2 aromatic carbocycles. The molecule has 0 aliphatic heterocycles. The van der Waals surface area contributed by atoms with E-state index in [1.807, 2.05) is 4.98 Å². The highest BCUT2D eigenvalue weighted by Crippen LogP contribution is 2.27. The van der Waals surface area contributed by atoms with Crippen LogP contribution in [0.1, 0.15) is 15.9 Å². The van der Waals surface area contributed by atoms with E-state index in [1.165, 1.54) is 37.5 Å². The monoisotopic (exact) mass is 414 g/mol. The van der Waals surface area contributed by atoms with Gasteiger partial charge >= 0.3 is 5.69 Å². The Bertz CT molecular complexity index is 1240. The molecule has 0 bridgehead atoms. The molecule has 0 amide bonds. The number of allylic oxidation sites excluding steroid dienone is 1. The first-order valence-corrected chi connectivity index (χ1v) is 8.64. The number of nitrogens with one attached hydrogen (secondary N) is 1. The van der Waals surface area contributed by atoms with Gasteiger partial charge in [0.25, 0.3) is 5.56 Å². The van der Waals surface area contributed by atoms with Gasteiger partial charge in [0.05, 0.1) is 17.8 Å². The predicted octanol–water partition coefficient (Wildman–Crippen LogP) is 2.50. The van der Waals surface area contributed by atoms with Gasteiger partial charge in [-0.05, 0) is 35.9 Å². The highest BCUT2D eigenvalue weighted by Gasteiger charge is 2.21. The molecule has 8 nitrogen and oxygen atoms in total. The number of carbonyl (C=O) groups is 1. The van der Waals surface area contributed by atoms with Crippen molar-refractivity contribution < 1.29 is 19.7 Å². The molecule has 3 rings (SSSR count). The number of hydrogen-bond donors (Lipinski definition) is 3. The lowest BCUT2D eigenvalue weighted by Crippen LogP contribution is -2.32. The van der Waals surface area contributed by atoms with Crippen LogP contribution in [0, 0.1) is 0 Å². The van der Waals surface area contributed by atoms with Crippen LogP contribution in [0.3, 0.4) is 0 Å². The van der Waals surface area contributed by atoms with Crippen molar-refractivity contribution in [2.24, 2.45) is 0 Å². The Morgan fingerprint density at radius 3 is 2.55 bits per heavy atom. The average molecular weight is 415 g/mol. The lowest BCUT2D eigenvalue weighted by Gasteiger charge is -2.11. The Morgan fingerprint density at radius 2 is 1.90 bits per heavy atom. The fraction of sp³-hybridized carbons (Fsp3) is 0.0500. The van der Waals surface area contributed by atoms with Gasteiger partial charge in [0.15, 0.2) is 17.3 Å². The summed E-state index contributed by atoms with van der Waals surface area (Å²) in [6, 6.07) is 10.6. The van der Waals surface area contributed by atoms with Gasteiger partial charge in [0.1, 0.15) is 5.56 Å². The number of H-pyrrole nitrogens is 1. The van der Waals surface area contributed by atoms with Crippen LogP contribution in [0.15, 0.2) is 58.1 Å². The van der Waals surface area contributed by atoms with E-state index in [0.29, 0.717) is 5.56 Å². The first-order chi connectivity index (χ1) is 13.8. The van der Waals surface area contributed by atoms with Crippen molar-refractivity contribution >= 4 is 23.5 Å². The van der Waals surface area contributed by atoms with E-state index in [2.05, 4.69) is 0 Å². The smallest absolute Gasteiger partial charge is 0.335 e. The molecule has 0 aliphatic carbocycles. The molecule has 0 radical (unpaired) electrons. The molecule has 9 heteroatoms. The Hall–Kier alpha value is -3.78. The summed E-state index contributed by atoms with van der Waals surface area (Å²) in [6.45, 7) is 0. The molecular formula is C20H15ClN2O6. The van der Waals surface area contributed by atoms with Crippen LogP contribution in [-0.4, -0.2) is 32.7 Å². The van der Waals surface area contributed by atoms with E-state index < -0.39 is 28.5 Å². The van der Waals surface area contributed by atoms with Crippen LogP contribution in [0.4, 0.5) is 0 Å². The largest absolute Gasteiger partial charge is 0.504 e. The fourth-order valence-corrected chi connectivity index (χ4v) is 2.89. The number of halogens is 1. The number of nitrogens with zero attached hydrogens (tertiary/aromatic N) is 1. The molecule has 1 heterocycles. The first kappa shape index (κ1) is 20.0. The van der Waals surface area contributed by atoms with E-state index in [4.69, 9.17) is 16.3 Å². The summed E-state index contributed by atoms with van der Waals surface area (Å²) in [5.41, 5.74) is -2.05. The molecule has 0 saturated carbocycles. The Morgan fingerprint density at radius 1 is 1.17 bits per heavy atom. The maximum Gasteiger partial charge on any atom is 0.335 e. The number of aromatic hydroxyl groups is 2. The van der Waals surface area contributed by atoms with Gasteiger partial charge in [-0.15, -0.1) is 0 Å². The quantitative estimate of drug-likeness (QED) is 0.435. The topological polar surface area (TPSA) is 122 Å². The SMILES string of the molecule is COc1ccc(/C=C/C(=O)c2c(O)n(-c3ccccc3Cl)c(=O)[nH]c2=O)cc1O. The molecule has 29 heavy (non-hydrogen) atoms. The van der Waals surface area contributed by atoms with Gasteiger partial charge in [-0.2, -0.15) is 0 Å². The number of hydrogen-bond acceptors (Lipinski definition) is 6. The number of benzene rings is 2. The van der Waals surface area contributed by atoms with Crippen molar-refractivity contribution in [3.05, 3.63) is 85.5 Å². The van der Waals surface area contributed by atoms with Crippen molar-refractivity contribution in [2.45, 2.75) is 0 Å². The maximum absolute atomic E-state index is 12.5. The van der Waals surface area contributed by atoms with Gasteiger partial charge < -0.3 is 14.9 Å². The minimum atomic E-state index is -1.04. The van der Waals surface area contributed by atoms with Gasteiger partial charge in [-0.1, -0.05) is 35.9 Å². The fourth-order valence-electron chi connectivity index (χ4n) is 2.67. The zero-order valence-corrected chi connectivity index (χ0v) is 15.8. The maximum atomic E-state index is 12.5. The Labute approximate surface area is 168 Å². The Balaban J connectivity index is 2.05. The zero-order chi connectivity index (χ0) is 21.1. The third-order valence-corrected chi connectivity index (χ3v) is 4.38. The molecule has 0 atom stereocenters. The number of aromatic nitrogens is 2. The third kappa shape index (κ3) is 3.92. The summed E-state index contributed by atoms with van der Waals surface area (Å²) in [5, 5.41) is 20.4. The molecule has 0 fully saturated rings. The summed E-state index contributed by atoms with van der Waals surface area (Å²) >= 11 is 6.06. The minimum absolute atomic E-state index is 0.103. The van der Waals surface area contributed by atoms with Crippen molar-refractivity contribution in [3.8, 4) is 23.1 Å². The average Bonchev–Trinajstić information content (AvgIpc) is 2.67. The summed E-state index contributed by atoms with van der Waals surface area (Å²) < 4.78 is 5.68. The van der Waals surface area contributed by atoms with E-state index >= 15 is 0 Å². The number of carbonyl (C=O) groups excluding carboxylic acids is 1. The molecule has 3 N–H and O–H groups in total. The van der Waals surface area contributed by atoms with E-state index in [-0.39, 0.29) is 22.2 Å². The van der Waals surface area contributed by atoms with Crippen molar-refractivity contribution in [3.63, 3.8) is 0 Å². The Kier molecular flexibility index (Phi) is 5.56. The summed E-state index contributed by atoms with van der Waals surface area (Å²) in [4.78, 5) is 38.9.